The van der Waals surface area contributed by atoms with Gasteiger partial charge in [-0.15, -0.1) is 0 Å². The third-order valence-electron chi connectivity index (χ3n) is 3.81. The molecule has 1 atom stereocenters. The molecule has 19 heavy (non-hydrogen) atoms. The van der Waals surface area contributed by atoms with Crippen LogP contribution in [0.1, 0.15) is 44.4 Å². The second kappa shape index (κ2) is 5.93. The first-order valence-corrected chi connectivity index (χ1v) is 7.10. The summed E-state index contributed by atoms with van der Waals surface area (Å²) in [7, 11) is 1.78. The number of benzene rings is 1. The van der Waals surface area contributed by atoms with Gasteiger partial charge in [-0.3, -0.25) is 0 Å². The smallest absolute Gasteiger partial charge is 0.122 e. The average molecular weight is 263 g/mol. The molecule has 3 nitrogen and oxygen atoms in total. The van der Waals surface area contributed by atoms with Crippen LogP contribution in [0.5, 0.6) is 5.75 Å². The average Bonchev–Trinajstić information content (AvgIpc) is 2.85. The molecule has 1 heterocycles. The van der Waals surface area contributed by atoms with Crippen LogP contribution < -0.4 is 10.1 Å². The second-order valence-corrected chi connectivity index (χ2v) is 5.74. The first-order chi connectivity index (χ1) is 9.05. The van der Waals surface area contributed by atoms with E-state index in [1.54, 1.807) is 7.11 Å². The van der Waals surface area contributed by atoms with E-state index in [2.05, 4.69) is 44.3 Å². The summed E-state index contributed by atoms with van der Waals surface area (Å²) in [5.41, 5.74) is 2.54. The highest BCUT2D eigenvalue weighted by Gasteiger charge is 2.24. The number of nitrogens with one attached hydrogen (secondary N) is 1. The van der Waals surface area contributed by atoms with Crippen molar-refractivity contribution in [1.29, 1.82) is 0 Å². The van der Waals surface area contributed by atoms with E-state index >= 15 is 0 Å². The minimum atomic E-state index is -0.123. The third-order valence-corrected chi connectivity index (χ3v) is 3.81. The lowest BCUT2D eigenvalue weighted by molar-refractivity contribution is 0.00697. The molecule has 0 radical (unpaired) electrons. The molecule has 1 unspecified atom stereocenters. The quantitative estimate of drug-likeness (QED) is 0.855. The van der Waals surface area contributed by atoms with E-state index in [-0.39, 0.29) is 5.60 Å². The number of rotatable bonds is 6. The lowest BCUT2D eigenvalue weighted by Gasteiger charge is -2.29. The van der Waals surface area contributed by atoms with Gasteiger partial charge >= 0.3 is 0 Å². The number of hydrogen-bond donors (Lipinski definition) is 1. The van der Waals surface area contributed by atoms with Crippen LogP contribution in [0.4, 0.5) is 0 Å². The zero-order chi connectivity index (χ0) is 13.9. The maximum Gasteiger partial charge on any atom is 0.122 e. The van der Waals surface area contributed by atoms with Gasteiger partial charge in [-0.1, -0.05) is 19.1 Å². The van der Waals surface area contributed by atoms with Crippen molar-refractivity contribution in [2.75, 3.05) is 20.3 Å². The maximum absolute atomic E-state index is 5.57. The largest absolute Gasteiger partial charge is 0.493 e. The summed E-state index contributed by atoms with van der Waals surface area (Å²) in [5, 5.41) is 3.56. The first-order valence-electron chi connectivity index (χ1n) is 7.10. The van der Waals surface area contributed by atoms with Crippen molar-refractivity contribution < 1.29 is 9.47 Å². The predicted molar refractivity (Wildman–Crippen MR) is 77.8 cm³/mol. The van der Waals surface area contributed by atoms with E-state index in [4.69, 9.17) is 9.47 Å². The van der Waals surface area contributed by atoms with Gasteiger partial charge in [0.1, 0.15) is 5.75 Å². The number of hydrogen-bond acceptors (Lipinski definition) is 3. The molecular weight excluding hydrogens is 238 g/mol. The van der Waals surface area contributed by atoms with Gasteiger partial charge in [0.15, 0.2) is 0 Å². The van der Waals surface area contributed by atoms with Crippen LogP contribution in [0, 0.1) is 0 Å². The Kier molecular flexibility index (Phi) is 4.48. The molecule has 1 aliphatic heterocycles. The van der Waals surface area contributed by atoms with Crippen molar-refractivity contribution in [3.63, 3.8) is 0 Å². The minimum Gasteiger partial charge on any atom is -0.493 e. The van der Waals surface area contributed by atoms with E-state index in [1.807, 2.05) is 0 Å². The Morgan fingerprint density at radius 3 is 2.89 bits per heavy atom. The van der Waals surface area contributed by atoms with Gasteiger partial charge in [-0.05, 0) is 44.0 Å². The molecule has 0 aromatic heterocycles. The molecule has 0 saturated carbocycles. The first kappa shape index (κ1) is 14.4. The Hall–Kier alpha value is -1.06. The molecule has 0 bridgehead atoms. The van der Waals surface area contributed by atoms with Gasteiger partial charge < -0.3 is 14.8 Å². The fraction of sp³-hybridized carbons (Fsp3) is 0.625. The standard InChI is InChI=1S/C16H25NO2/c1-5-17-14(11-16(2,3)18-4)12-6-7-15-13(10-12)8-9-19-15/h6-7,10,14,17H,5,8-9,11H2,1-4H3. The van der Waals surface area contributed by atoms with Crippen LogP contribution in [0.3, 0.4) is 0 Å². The maximum atomic E-state index is 5.57. The third kappa shape index (κ3) is 3.48. The molecule has 1 aromatic carbocycles. The van der Waals surface area contributed by atoms with Crippen molar-refractivity contribution in [1.82, 2.24) is 5.32 Å². The molecule has 0 fully saturated rings. The molecule has 3 heteroatoms. The van der Waals surface area contributed by atoms with Crippen LogP contribution in [0.25, 0.3) is 0 Å². The highest BCUT2D eigenvalue weighted by atomic mass is 16.5. The van der Waals surface area contributed by atoms with E-state index in [9.17, 15) is 0 Å². The predicted octanol–water partition coefficient (Wildman–Crippen LogP) is 3.09. The van der Waals surface area contributed by atoms with Crippen molar-refractivity contribution in [3.8, 4) is 5.75 Å². The van der Waals surface area contributed by atoms with Crippen LogP contribution in [-0.4, -0.2) is 25.9 Å². The molecule has 0 spiro atoms. The summed E-state index contributed by atoms with van der Waals surface area (Å²) in [6, 6.07) is 6.87. The zero-order valence-electron chi connectivity index (χ0n) is 12.5. The molecule has 0 saturated heterocycles. The van der Waals surface area contributed by atoms with E-state index in [1.165, 1.54) is 11.1 Å². The Morgan fingerprint density at radius 1 is 1.42 bits per heavy atom. The molecule has 1 aromatic rings. The van der Waals surface area contributed by atoms with Gasteiger partial charge in [0, 0.05) is 19.6 Å². The monoisotopic (exact) mass is 263 g/mol. The summed E-state index contributed by atoms with van der Waals surface area (Å²) >= 11 is 0. The summed E-state index contributed by atoms with van der Waals surface area (Å²) < 4.78 is 11.1. The zero-order valence-corrected chi connectivity index (χ0v) is 12.5. The van der Waals surface area contributed by atoms with E-state index in [0.29, 0.717) is 6.04 Å². The summed E-state index contributed by atoms with van der Waals surface area (Å²) in [5.74, 6) is 1.05. The lowest BCUT2D eigenvalue weighted by Crippen LogP contribution is -2.32. The molecule has 106 valence electrons. The SMILES string of the molecule is CCNC(CC(C)(C)OC)c1ccc2c(c1)CCO2. The lowest BCUT2D eigenvalue weighted by atomic mass is 9.92. The van der Waals surface area contributed by atoms with Crippen LogP contribution in [0.15, 0.2) is 18.2 Å². The highest BCUT2D eigenvalue weighted by Crippen LogP contribution is 2.31. The van der Waals surface area contributed by atoms with Gasteiger partial charge in [0.25, 0.3) is 0 Å². The van der Waals surface area contributed by atoms with Crippen molar-refractivity contribution in [2.24, 2.45) is 0 Å². The molecule has 0 aliphatic carbocycles. The summed E-state index contributed by atoms with van der Waals surface area (Å²) in [6.45, 7) is 8.18. The Labute approximate surface area is 116 Å². The van der Waals surface area contributed by atoms with Gasteiger partial charge in [0.05, 0.1) is 12.2 Å². The van der Waals surface area contributed by atoms with Crippen LogP contribution >= 0.6 is 0 Å². The molecule has 2 rings (SSSR count). The van der Waals surface area contributed by atoms with Gasteiger partial charge in [-0.2, -0.15) is 0 Å². The van der Waals surface area contributed by atoms with Crippen LogP contribution in [-0.2, 0) is 11.2 Å². The second-order valence-electron chi connectivity index (χ2n) is 5.74. The molecule has 1 N–H and O–H groups in total. The highest BCUT2D eigenvalue weighted by molar-refractivity contribution is 5.40. The molecule has 1 aliphatic rings. The number of ether oxygens (including phenoxy) is 2. The number of methoxy groups -OCH3 is 1. The Morgan fingerprint density at radius 2 is 2.21 bits per heavy atom. The fourth-order valence-electron chi connectivity index (χ4n) is 2.55. The van der Waals surface area contributed by atoms with Gasteiger partial charge in [-0.25, -0.2) is 0 Å². The van der Waals surface area contributed by atoms with Gasteiger partial charge in [0.2, 0.25) is 0 Å². The molecule has 0 amide bonds. The van der Waals surface area contributed by atoms with Crippen molar-refractivity contribution >= 4 is 0 Å². The van der Waals surface area contributed by atoms with E-state index in [0.717, 1.165) is 31.7 Å². The Bertz CT molecular complexity index is 429. The van der Waals surface area contributed by atoms with Crippen molar-refractivity contribution in [3.05, 3.63) is 29.3 Å². The molecular formula is C16H25NO2. The van der Waals surface area contributed by atoms with E-state index < -0.39 is 0 Å². The van der Waals surface area contributed by atoms with Crippen LogP contribution in [0.2, 0.25) is 0 Å². The Balaban J connectivity index is 2.19. The topological polar surface area (TPSA) is 30.5 Å². The fourth-order valence-corrected chi connectivity index (χ4v) is 2.55. The number of fused-ring (bicyclic) bond motifs is 1. The summed E-state index contributed by atoms with van der Waals surface area (Å²) in [6.07, 6.45) is 1.98. The normalized spacial score (nSPS) is 16.0. The van der Waals surface area contributed by atoms with Crippen molar-refractivity contribution in [2.45, 2.75) is 45.3 Å². The summed E-state index contributed by atoms with van der Waals surface area (Å²) in [4.78, 5) is 0. The minimum absolute atomic E-state index is 0.123.